The van der Waals surface area contributed by atoms with E-state index in [1.54, 1.807) is 24.4 Å². The fourth-order valence-corrected chi connectivity index (χ4v) is 3.19. The maximum absolute atomic E-state index is 12.4. The van der Waals surface area contributed by atoms with E-state index >= 15 is 0 Å². The van der Waals surface area contributed by atoms with E-state index in [2.05, 4.69) is 20.5 Å². The molecular formula is C20H20N6O2. The minimum atomic E-state index is -0.238. The normalized spacial score (nSPS) is 11.2. The number of imidazole rings is 1. The Kier molecular flexibility index (Phi) is 4.84. The van der Waals surface area contributed by atoms with Crippen molar-refractivity contribution in [1.82, 2.24) is 29.5 Å². The van der Waals surface area contributed by atoms with E-state index in [0.717, 1.165) is 16.9 Å². The van der Waals surface area contributed by atoms with Gasteiger partial charge in [-0.3, -0.25) is 14.0 Å². The lowest BCUT2D eigenvalue weighted by molar-refractivity contribution is -0.121. The molecule has 0 radical (unpaired) electrons. The molecule has 4 aromatic rings. The van der Waals surface area contributed by atoms with Crippen LogP contribution in [-0.2, 0) is 24.7 Å². The molecule has 0 aliphatic rings. The smallest absolute Gasteiger partial charge is 0.279 e. The Morgan fingerprint density at radius 2 is 1.89 bits per heavy atom. The molecule has 4 rings (SSSR count). The molecule has 0 fully saturated rings. The van der Waals surface area contributed by atoms with Crippen LogP contribution in [0.3, 0.4) is 0 Å². The molecule has 0 aliphatic carbocycles. The second kappa shape index (κ2) is 7.59. The molecule has 8 heteroatoms. The molecule has 28 heavy (non-hydrogen) atoms. The molecule has 3 aromatic heterocycles. The summed E-state index contributed by atoms with van der Waals surface area (Å²) in [6.07, 6.45) is 2.72. The number of pyridine rings is 1. The third kappa shape index (κ3) is 3.48. The largest absolute Gasteiger partial charge is 0.356 e. The minimum absolute atomic E-state index is 0.127. The first-order chi connectivity index (χ1) is 13.6. The number of aromatic nitrogens is 5. The van der Waals surface area contributed by atoms with Gasteiger partial charge in [0.05, 0.1) is 11.0 Å². The fraction of sp³-hybridized carbons (Fsp3) is 0.250. The Labute approximate surface area is 160 Å². The third-order valence-electron chi connectivity index (χ3n) is 4.72. The van der Waals surface area contributed by atoms with Crippen LogP contribution in [-0.4, -0.2) is 36.6 Å². The van der Waals surface area contributed by atoms with Gasteiger partial charge in [0, 0.05) is 39.1 Å². The summed E-state index contributed by atoms with van der Waals surface area (Å²) < 4.78 is 3.47. The number of fused-ring (bicyclic) bond motifs is 2. The lowest BCUT2D eigenvalue weighted by Gasteiger charge is -2.06. The van der Waals surface area contributed by atoms with Crippen LogP contribution in [0.4, 0.5) is 0 Å². The Bertz CT molecular complexity index is 1210. The predicted molar refractivity (Wildman–Crippen MR) is 105 cm³/mol. The second-order valence-electron chi connectivity index (χ2n) is 6.56. The van der Waals surface area contributed by atoms with E-state index in [-0.39, 0.29) is 30.0 Å². The van der Waals surface area contributed by atoms with Gasteiger partial charge in [-0.2, -0.15) is 0 Å². The van der Waals surface area contributed by atoms with Crippen molar-refractivity contribution < 1.29 is 4.79 Å². The number of rotatable bonds is 6. The molecule has 0 saturated carbocycles. The molecule has 0 bridgehead atoms. The van der Waals surface area contributed by atoms with E-state index in [1.807, 2.05) is 35.9 Å². The molecule has 3 heterocycles. The van der Waals surface area contributed by atoms with Crippen LogP contribution in [0, 0.1) is 0 Å². The molecule has 1 aromatic carbocycles. The van der Waals surface area contributed by atoms with Gasteiger partial charge in [0.1, 0.15) is 11.5 Å². The highest BCUT2D eigenvalue weighted by Crippen LogP contribution is 2.14. The Hall–Kier alpha value is -3.55. The SMILES string of the molecule is Cn1c(CCNC(=O)CCc2nnc3ccccn3c2=O)nc2ccccc21. The van der Waals surface area contributed by atoms with Crippen LogP contribution in [0.15, 0.2) is 53.5 Å². The van der Waals surface area contributed by atoms with E-state index < -0.39 is 0 Å². The van der Waals surface area contributed by atoms with E-state index in [0.29, 0.717) is 18.6 Å². The van der Waals surface area contributed by atoms with Gasteiger partial charge in [-0.15, -0.1) is 10.2 Å². The van der Waals surface area contributed by atoms with Gasteiger partial charge in [0.2, 0.25) is 5.91 Å². The quantitative estimate of drug-likeness (QED) is 0.547. The van der Waals surface area contributed by atoms with Crippen LogP contribution in [0.2, 0.25) is 0 Å². The van der Waals surface area contributed by atoms with Crippen molar-refractivity contribution in [3.8, 4) is 0 Å². The lowest BCUT2D eigenvalue weighted by atomic mass is 10.2. The standard InChI is InChI=1S/C20H20N6O2/c1-25-16-7-3-2-6-14(16)22-17(25)11-12-21-19(27)10-9-15-20(28)26-13-5-4-8-18(26)24-23-15/h2-8,13H,9-12H2,1H3,(H,21,27). The highest BCUT2D eigenvalue weighted by molar-refractivity contribution is 5.76. The summed E-state index contributed by atoms with van der Waals surface area (Å²) in [5, 5.41) is 10.9. The molecule has 0 unspecified atom stereocenters. The monoisotopic (exact) mass is 376 g/mol. The number of hydrogen-bond donors (Lipinski definition) is 1. The molecule has 0 saturated heterocycles. The molecule has 1 N–H and O–H groups in total. The highest BCUT2D eigenvalue weighted by Gasteiger charge is 2.10. The maximum Gasteiger partial charge on any atom is 0.279 e. The van der Waals surface area contributed by atoms with Crippen molar-refractivity contribution in [1.29, 1.82) is 0 Å². The summed E-state index contributed by atoms with van der Waals surface area (Å²) in [6.45, 7) is 0.485. The lowest BCUT2D eigenvalue weighted by Crippen LogP contribution is -2.28. The number of aryl methyl sites for hydroxylation is 2. The van der Waals surface area contributed by atoms with Gasteiger partial charge in [-0.05, 0) is 24.3 Å². The van der Waals surface area contributed by atoms with E-state index in [1.165, 1.54) is 4.40 Å². The zero-order valence-corrected chi connectivity index (χ0v) is 15.5. The maximum atomic E-state index is 12.4. The zero-order valence-electron chi connectivity index (χ0n) is 15.5. The van der Waals surface area contributed by atoms with Gasteiger partial charge >= 0.3 is 0 Å². The number of carbonyl (C=O) groups is 1. The van der Waals surface area contributed by atoms with Crippen LogP contribution < -0.4 is 10.9 Å². The Morgan fingerprint density at radius 3 is 2.75 bits per heavy atom. The van der Waals surface area contributed by atoms with Crippen molar-refractivity contribution in [3.05, 3.63) is 70.5 Å². The van der Waals surface area contributed by atoms with Gasteiger partial charge in [-0.1, -0.05) is 18.2 Å². The second-order valence-corrected chi connectivity index (χ2v) is 6.56. The first kappa shape index (κ1) is 17.8. The average molecular weight is 376 g/mol. The van der Waals surface area contributed by atoms with Crippen LogP contribution in [0.1, 0.15) is 17.9 Å². The van der Waals surface area contributed by atoms with Gasteiger partial charge in [0.25, 0.3) is 5.56 Å². The van der Waals surface area contributed by atoms with Crippen molar-refractivity contribution in [2.75, 3.05) is 6.54 Å². The summed E-state index contributed by atoms with van der Waals surface area (Å²) in [5.41, 5.74) is 2.55. The van der Waals surface area contributed by atoms with Crippen LogP contribution in [0.5, 0.6) is 0 Å². The molecule has 0 spiro atoms. The average Bonchev–Trinajstić information content (AvgIpc) is 3.04. The highest BCUT2D eigenvalue weighted by atomic mass is 16.1. The number of nitrogens with zero attached hydrogens (tertiary/aromatic N) is 5. The number of hydrogen-bond acceptors (Lipinski definition) is 5. The first-order valence-corrected chi connectivity index (χ1v) is 9.13. The van der Waals surface area contributed by atoms with Gasteiger partial charge < -0.3 is 9.88 Å². The first-order valence-electron chi connectivity index (χ1n) is 9.13. The zero-order chi connectivity index (χ0) is 19.5. The number of nitrogens with one attached hydrogen (secondary N) is 1. The molecule has 142 valence electrons. The summed E-state index contributed by atoms with van der Waals surface area (Å²) in [5.74, 6) is 0.790. The van der Waals surface area contributed by atoms with Crippen molar-refractivity contribution >= 4 is 22.6 Å². The van der Waals surface area contributed by atoms with E-state index in [9.17, 15) is 9.59 Å². The summed E-state index contributed by atoms with van der Waals surface area (Å²) in [4.78, 5) is 29.1. The third-order valence-corrected chi connectivity index (χ3v) is 4.72. The number of benzene rings is 1. The topological polar surface area (TPSA) is 94.2 Å². The van der Waals surface area contributed by atoms with Crippen LogP contribution >= 0.6 is 0 Å². The summed E-state index contributed by atoms with van der Waals surface area (Å²) >= 11 is 0. The Balaban J connectivity index is 1.33. The molecule has 0 aliphatic heterocycles. The van der Waals surface area contributed by atoms with E-state index in [4.69, 9.17) is 0 Å². The number of carbonyl (C=O) groups excluding carboxylic acids is 1. The molecular weight excluding hydrogens is 356 g/mol. The number of amides is 1. The minimum Gasteiger partial charge on any atom is -0.356 e. The Morgan fingerprint density at radius 1 is 1.07 bits per heavy atom. The van der Waals surface area contributed by atoms with Crippen molar-refractivity contribution in [2.45, 2.75) is 19.3 Å². The summed E-state index contributed by atoms with van der Waals surface area (Å²) in [6, 6.07) is 13.2. The predicted octanol–water partition coefficient (Wildman–Crippen LogP) is 1.27. The molecule has 0 atom stereocenters. The van der Waals surface area contributed by atoms with Crippen LogP contribution in [0.25, 0.3) is 16.7 Å². The van der Waals surface area contributed by atoms with Gasteiger partial charge in [0.15, 0.2) is 5.65 Å². The number of para-hydroxylation sites is 2. The molecule has 1 amide bonds. The fourth-order valence-electron chi connectivity index (χ4n) is 3.19. The molecule has 8 nitrogen and oxygen atoms in total. The van der Waals surface area contributed by atoms with Crippen molar-refractivity contribution in [2.24, 2.45) is 7.05 Å². The van der Waals surface area contributed by atoms with Crippen molar-refractivity contribution in [3.63, 3.8) is 0 Å². The summed E-state index contributed by atoms with van der Waals surface area (Å²) in [7, 11) is 1.97. The van der Waals surface area contributed by atoms with Gasteiger partial charge in [-0.25, -0.2) is 4.98 Å².